The average molecular weight is 350 g/mol. The summed E-state index contributed by atoms with van der Waals surface area (Å²) >= 11 is 3.09. The lowest BCUT2D eigenvalue weighted by atomic mass is 10.4. The summed E-state index contributed by atoms with van der Waals surface area (Å²) in [5, 5.41) is 9.08. The van der Waals surface area contributed by atoms with Crippen LogP contribution < -0.4 is 10.0 Å². The van der Waals surface area contributed by atoms with Gasteiger partial charge in [-0.05, 0) is 23.0 Å². The third kappa shape index (κ3) is 3.41. The molecule has 19 heavy (non-hydrogen) atoms. The van der Waals surface area contributed by atoms with Crippen LogP contribution in [-0.2, 0) is 23.1 Å². The second-order valence-corrected chi connectivity index (χ2v) is 6.09. The number of nitrogens with one attached hydrogen (secondary N) is 3. The molecule has 0 fully saturated rings. The summed E-state index contributed by atoms with van der Waals surface area (Å²) < 4.78 is 32.0. The van der Waals surface area contributed by atoms with Crippen LogP contribution >= 0.6 is 15.9 Å². The van der Waals surface area contributed by atoms with Gasteiger partial charge in [0.05, 0.1) is 13.1 Å². The van der Waals surface area contributed by atoms with Gasteiger partial charge in [0.2, 0.25) is 10.0 Å². The summed E-state index contributed by atoms with van der Waals surface area (Å²) in [6.45, 7) is 0.470. The van der Waals surface area contributed by atoms with Gasteiger partial charge in [0.1, 0.15) is 22.8 Å². The molecule has 3 N–H and O–H groups in total. The Morgan fingerprint density at radius 3 is 2.89 bits per heavy atom. The van der Waals surface area contributed by atoms with E-state index in [9.17, 15) is 8.42 Å². The van der Waals surface area contributed by atoms with Crippen LogP contribution in [0.25, 0.3) is 0 Å². The largest absolute Gasteiger partial charge is 0.452 e. The molecule has 2 aromatic heterocycles. The average Bonchev–Trinajstić information content (AvgIpc) is 2.97. The number of furan rings is 1. The van der Waals surface area contributed by atoms with Gasteiger partial charge in [0.15, 0.2) is 4.67 Å². The van der Waals surface area contributed by atoms with Gasteiger partial charge < -0.3 is 9.73 Å². The highest BCUT2D eigenvalue weighted by Crippen LogP contribution is 2.26. The highest BCUT2D eigenvalue weighted by molar-refractivity contribution is 9.10. The molecular weight excluding hydrogens is 338 g/mol. The lowest BCUT2D eigenvalue weighted by Crippen LogP contribution is -2.23. The molecule has 0 unspecified atom stereocenters. The maximum atomic E-state index is 12.1. The topological polar surface area (TPSA) is 113 Å². The van der Waals surface area contributed by atoms with Gasteiger partial charge in [0.25, 0.3) is 0 Å². The van der Waals surface area contributed by atoms with Crippen LogP contribution in [0.2, 0.25) is 0 Å². The van der Waals surface area contributed by atoms with Crippen molar-refractivity contribution >= 4 is 26.0 Å². The Balaban J connectivity index is 2.14. The number of nitrogens with zero attached hydrogens (tertiary/aromatic N) is 2. The SMILES string of the molecule is CNCc1cc(S(=O)(=O)NCc2ncn[nH]2)c(Br)o1. The fourth-order valence-electron chi connectivity index (χ4n) is 1.40. The molecule has 0 saturated heterocycles. The molecule has 8 nitrogen and oxygen atoms in total. The first kappa shape index (κ1) is 14.2. The van der Waals surface area contributed by atoms with Crippen molar-refractivity contribution in [1.82, 2.24) is 25.2 Å². The zero-order chi connectivity index (χ0) is 13.9. The van der Waals surface area contributed by atoms with Crippen LogP contribution in [0.1, 0.15) is 11.6 Å². The molecule has 0 amide bonds. The number of rotatable bonds is 6. The molecule has 0 spiro atoms. The van der Waals surface area contributed by atoms with E-state index in [1.165, 1.54) is 12.4 Å². The van der Waals surface area contributed by atoms with Crippen molar-refractivity contribution in [2.75, 3.05) is 7.05 Å². The molecule has 2 heterocycles. The summed E-state index contributed by atoms with van der Waals surface area (Å²) in [6.07, 6.45) is 1.31. The molecule has 2 aromatic rings. The summed E-state index contributed by atoms with van der Waals surface area (Å²) in [7, 11) is -1.93. The Bertz CT molecular complexity index is 637. The summed E-state index contributed by atoms with van der Waals surface area (Å²) in [6, 6.07) is 1.46. The normalized spacial score (nSPS) is 11.9. The maximum absolute atomic E-state index is 12.1. The molecule has 0 aromatic carbocycles. The van der Waals surface area contributed by atoms with E-state index in [4.69, 9.17) is 4.42 Å². The first-order valence-electron chi connectivity index (χ1n) is 5.29. The Morgan fingerprint density at radius 1 is 1.47 bits per heavy atom. The minimum absolute atomic E-state index is 0.0291. The quantitative estimate of drug-likeness (QED) is 0.693. The molecule has 0 bridgehead atoms. The molecule has 104 valence electrons. The molecule has 2 rings (SSSR count). The van der Waals surface area contributed by atoms with Crippen LogP contribution in [-0.4, -0.2) is 30.6 Å². The van der Waals surface area contributed by atoms with Crippen LogP contribution in [0.3, 0.4) is 0 Å². The third-order valence-electron chi connectivity index (χ3n) is 2.24. The van der Waals surface area contributed by atoms with Gasteiger partial charge in [-0.2, -0.15) is 5.10 Å². The molecule has 0 saturated carbocycles. The van der Waals surface area contributed by atoms with Crippen LogP contribution in [0.15, 0.2) is 26.4 Å². The minimum Gasteiger partial charge on any atom is -0.452 e. The van der Waals surface area contributed by atoms with Crippen molar-refractivity contribution in [2.24, 2.45) is 0 Å². The van der Waals surface area contributed by atoms with E-state index in [2.05, 4.69) is 41.2 Å². The summed E-state index contributed by atoms with van der Waals surface area (Å²) in [5.41, 5.74) is 0. The van der Waals surface area contributed by atoms with Crippen molar-refractivity contribution in [3.05, 3.63) is 28.6 Å². The smallest absolute Gasteiger partial charge is 0.245 e. The summed E-state index contributed by atoms with van der Waals surface area (Å²) in [5.74, 6) is 0.952. The number of hydrogen-bond acceptors (Lipinski definition) is 6. The first-order valence-corrected chi connectivity index (χ1v) is 7.57. The minimum atomic E-state index is -3.67. The number of hydrogen-bond donors (Lipinski definition) is 3. The van der Waals surface area contributed by atoms with E-state index in [1.54, 1.807) is 7.05 Å². The predicted molar refractivity (Wildman–Crippen MR) is 69.6 cm³/mol. The molecule has 0 aliphatic rings. The molecule has 0 radical (unpaired) electrons. The van der Waals surface area contributed by atoms with E-state index < -0.39 is 10.0 Å². The van der Waals surface area contributed by atoms with Gasteiger partial charge in [-0.3, -0.25) is 5.10 Å². The van der Waals surface area contributed by atoms with Gasteiger partial charge in [-0.15, -0.1) is 0 Å². The number of sulfonamides is 1. The Labute approximate surface area is 118 Å². The van der Waals surface area contributed by atoms with Gasteiger partial charge in [-0.1, -0.05) is 0 Å². The van der Waals surface area contributed by atoms with Gasteiger partial charge >= 0.3 is 0 Å². The predicted octanol–water partition coefficient (Wildman–Crippen LogP) is 0.358. The van der Waals surface area contributed by atoms with Crippen molar-refractivity contribution < 1.29 is 12.8 Å². The number of aromatic amines is 1. The standard InChI is InChI=1S/C9H12BrN5O3S/c1-11-3-6-2-7(9(10)18-6)19(16,17)14-4-8-12-5-13-15-8/h2,5,11,14H,3-4H2,1H3,(H,12,13,15). The maximum Gasteiger partial charge on any atom is 0.245 e. The lowest BCUT2D eigenvalue weighted by molar-refractivity contribution is 0.470. The third-order valence-corrected chi connectivity index (χ3v) is 4.50. The molecule has 0 aliphatic heterocycles. The van der Waals surface area contributed by atoms with E-state index in [0.717, 1.165) is 0 Å². The van der Waals surface area contributed by atoms with Crippen molar-refractivity contribution in [3.8, 4) is 0 Å². The molecule has 10 heteroatoms. The molecule has 0 aliphatic carbocycles. The fraction of sp³-hybridized carbons (Fsp3) is 0.333. The van der Waals surface area contributed by atoms with Crippen LogP contribution in [0, 0.1) is 0 Å². The summed E-state index contributed by atoms with van der Waals surface area (Å²) in [4.78, 5) is 3.88. The highest BCUT2D eigenvalue weighted by Gasteiger charge is 2.22. The second kappa shape index (κ2) is 5.82. The van der Waals surface area contributed by atoms with Gasteiger partial charge in [-0.25, -0.2) is 18.1 Å². The monoisotopic (exact) mass is 349 g/mol. The number of halogens is 1. The Hall–Kier alpha value is -1.23. The fourth-order valence-corrected chi connectivity index (χ4v) is 3.38. The van der Waals surface area contributed by atoms with E-state index in [-0.39, 0.29) is 16.1 Å². The van der Waals surface area contributed by atoms with Crippen molar-refractivity contribution in [2.45, 2.75) is 18.0 Å². The molecule has 0 atom stereocenters. The van der Waals surface area contributed by atoms with E-state index in [0.29, 0.717) is 18.1 Å². The van der Waals surface area contributed by atoms with Gasteiger partial charge in [0, 0.05) is 6.07 Å². The number of aromatic nitrogens is 3. The van der Waals surface area contributed by atoms with Crippen molar-refractivity contribution in [1.29, 1.82) is 0 Å². The first-order chi connectivity index (χ1) is 9.03. The lowest BCUT2D eigenvalue weighted by Gasteiger charge is -2.02. The van der Waals surface area contributed by atoms with Crippen molar-refractivity contribution in [3.63, 3.8) is 0 Å². The zero-order valence-corrected chi connectivity index (χ0v) is 12.4. The zero-order valence-electron chi connectivity index (χ0n) is 9.97. The van der Waals surface area contributed by atoms with E-state index in [1.807, 2.05) is 0 Å². The highest BCUT2D eigenvalue weighted by atomic mass is 79.9. The van der Waals surface area contributed by atoms with Crippen LogP contribution in [0.4, 0.5) is 0 Å². The van der Waals surface area contributed by atoms with Crippen LogP contribution in [0.5, 0.6) is 0 Å². The Kier molecular flexibility index (Phi) is 4.34. The Morgan fingerprint density at radius 2 is 2.26 bits per heavy atom. The second-order valence-electron chi connectivity index (χ2n) is 3.64. The number of H-pyrrole nitrogens is 1. The van der Waals surface area contributed by atoms with E-state index >= 15 is 0 Å². The molecular formula is C9H12BrN5O3S.